The van der Waals surface area contributed by atoms with Crippen LogP contribution in [0, 0.1) is 13.8 Å². The van der Waals surface area contributed by atoms with Crippen LogP contribution in [-0.2, 0) is 11.3 Å². The van der Waals surface area contributed by atoms with Crippen LogP contribution in [-0.4, -0.2) is 34.0 Å². The van der Waals surface area contributed by atoms with Crippen molar-refractivity contribution in [3.05, 3.63) is 40.7 Å². The van der Waals surface area contributed by atoms with E-state index >= 15 is 0 Å². The molecule has 3 heterocycles. The van der Waals surface area contributed by atoms with Crippen molar-refractivity contribution < 1.29 is 9.53 Å². The fourth-order valence-electron chi connectivity index (χ4n) is 4.16. The number of aryl methyl sites for hydroxylation is 2. The zero-order chi connectivity index (χ0) is 23.0. The maximum Gasteiger partial charge on any atom is 0.223 e. The maximum atomic E-state index is 11.4. The molecule has 2 aromatic heterocycles. The van der Waals surface area contributed by atoms with Crippen LogP contribution in [0.4, 0.5) is 16.9 Å². The quantitative estimate of drug-likeness (QED) is 0.608. The number of rotatable bonds is 4. The van der Waals surface area contributed by atoms with Crippen molar-refractivity contribution in [1.82, 2.24) is 15.0 Å². The van der Waals surface area contributed by atoms with E-state index in [9.17, 15) is 4.79 Å². The van der Waals surface area contributed by atoms with Crippen molar-refractivity contribution >= 4 is 34.1 Å². The van der Waals surface area contributed by atoms with Gasteiger partial charge in [-0.15, -0.1) is 0 Å². The van der Waals surface area contributed by atoms with Gasteiger partial charge in [0.2, 0.25) is 11.9 Å². The first-order valence-electron chi connectivity index (χ1n) is 10.6. The number of anilines is 3. The van der Waals surface area contributed by atoms with Crippen LogP contribution in [0.25, 0.3) is 10.4 Å². The Kier molecular flexibility index (Phi) is 6.01. The number of nitrogens with two attached hydrogens (primary N) is 1. The average Bonchev–Trinajstić information content (AvgIpc) is 3.04. The highest BCUT2D eigenvalue weighted by molar-refractivity contribution is 7.19. The third kappa shape index (κ3) is 4.38. The molecule has 0 aliphatic carbocycles. The lowest BCUT2D eigenvalue weighted by molar-refractivity contribution is -0.114. The zero-order valence-electron chi connectivity index (χ0n) is 19.0. The number of thiazole rings is 1. The number of nitrogens with one attached hydrogen (secondary N) is 1. The number of amides is 1. The molecule has 0 radical (unpaired) electrons. The van der Waals surface area contributed by atoms with Crippen LogP contribution in [0.3, 0.4) is 0 Å². The zero-order valence-corrected chi connectivity index (χ0v) is 19.8. The normalized spacial score (nSPS) is 13.5. The Bertz CT molecular complexity index is 1170. The number of fused-ring (bicyclic) bond motifs is 1. The van der Waals surface area contributed by atoms with Gasteiger partial charge in [0.05, 0.1) is 11.4 Å². The molecule has 1 amide bonds. The topological polar surface area (TPSA) is 106 Å². The summed E-state index contributed by atoms with van der Waals surface area (Å²) in [5.41, 5.74) is 11.2. The molecule has 0 fully saturated rings. The Balaban J connectivity index is 1.73. The highest BCUT2D eigenvalue weighted by Gasteiger charge is 2.24. The van der Waals surface area contributed by atoms with E-state index in [1.165, 1.54) is 18.3 Å². The maximum absolute atomic E-state index is 11.4. The second-order valence-electron chi connectivity index (χ2n) is 8.32. The number of carbonyl (C=O) groups excluding carboxylic acids is 1. The minimum Gasteiger partial charge on any atom is -0.491 e. The molecule has 168 valence electrons. The third-order valence-electron chi connectivity index (χ3n) is 5.40. The molecule has 0 atom stereocenters. The van der Waals surface area contributed by atoms with Crippen LogP contribution in [0.2, 0.25) is 0 Å². The molecule has 3 aromatic rings. The summed E-state index contributed by atoms with van der Waals surface area (Å²) in [6.07, 6.45) is 1.79. The Labute approximate surface area is 191 Å². The van der Waals surface area contributed by atoms with Crippen LogP contribution < -0.4 is 20.7 Å². The Morgan fingerprint density at radius 2 is 2.06 bits per heavy atom. The number of benzene rings is 1. The van der Waals surface area contributed by atoms with Crippen molar-refractivity contribution in [2.45, 2.75) is 47.1 Å². The van der Waals surface area contributed by atoms with Gasteiger partial charge in [-0.1, -0.05) is 25.2 Å². The molecule has 1 aromatic carbocycles. The summed E-state index contributed by atoms with van der Waals surface area (Å²) in [5.74, 6) is 2.20. The molecule has 0 bridgehead atoms. The second-order valence-corrected chi connectivity index (χ2v) is 9.35. The van der Waals surface area contributed by atoms with Crippen LogP contribution in [0.15, 0.2) is 18.3 Å². The third-order valence-corrected chi connectivity index (χ3v) is 6.37. The van der Waals surface area contributed by atoms with Crippen molar-refractivity contribution in [2.75, 3.05) is 29.1 Å². The molecule has 4 rings (SSSR count). The molecule has 0 unspecified atom stereocenters. The first-order valence-corrected chi connectivity index (χ1v) is 11.4. The fraction of sp³-hybridized carbons (Fsp3) is 0.391. The summed E-state index contributed by atoms with van der Waals surface area (Å²) in [6, 6.07) is 4.24. The van der Waals surface area contributed by atoms with Crippen molar-refractivity contribution in [3.8, 4) is 16.2 Å². The predicted octanol–water partition coefficient (Wildman–Crippen LogP) is 4.28. The van der Waals surface area contributed by atoms with Crippen molar-refractivity contribution in [1.29, 1.82) is 0 Å². The number of nitrogens with zero attached hydrogens (tertiary/aromatic N) is 4. The monoisotopic (exact) mass is 452 g/mol. The van der Waals surface area contributed by atoms with E-state index in [0.29, 0.717) is 24.8 Å². The first kappa shape index (κ1) is 22.0. The lowest BCUT2D eigenvalue weighted by Gasteiger charge is -2.26. The Morgan fingerprint density at radius 3 is 2.78 bits per heavy atom. The van der Waals surface area contributed by atoms with Crippen LogP contribution in [0.5, 0.6) is 5.75 Å². The molecule has 0 saturated heterocycles. The van der Waals surface area contributed by atoms with E-state index in [-0.39, 0.29) is 17.8 Å². The Morgan fingerprint density at radius 1 is 1.28 bits per heavy atom. The van der Waals surface area contributed by atoms with Gasteiger partial charge in [0.25, 0.3) is 0 Å². The van der Waals surface area contributed by atoms with Gasteiger partial charge in [0.1, 0.15) is 18.2 Å². The standard InChI is InChI=1S/C23H28N6O2S/c1-12(2)19-14(4)26-22(24)28-21(19)29-6-7-31-20-13(3)8-16(9-17(20)11-29)18-10-25-23(32-18)27-15(5)30/h8-10,12H,6-7,11H2,1-5H3,(H2,24,26,28)(H,25,27,30). The summed E-state index contributed by atoms with van der Waals surface area (Å²) in [6.45, 7) is 11.7. The van der Waals surface area contributed by atoms with E-state index in [1.807, 2.05) is 6.92 Å². The number of hydrogen-bond donors (Lipinski definition) is 2. The predicted molar refractivity (Wildman–Crippen MR) is 128 cm³/mol. The number of nitrogen functional groups attached to an aromatic ring is 1. The molecule has 32 heavy (non-hydrogen) atoms. The van der Waals surface area contributed by atoms with Crippen molar-refractivity contribution in [2.24, 2.45) is 0 Å². The number of carbonyl (C=O) groups is 1. The first-order chi connectivity index (χ1) is 15.2. The summed E-state index contributed by atoms with van der Waals surface area (Å²) in [4.78, 5) is 27.9. The van der Waals surface area contributed by atoms with E-state index in [2.05, 4.69) is 58.1 Å². The molecule has 8 nitrogen and oxygen atoms in total. The lowest BCUT2D eigenvalue weighted by atomic mass is 10.0. The second kappa shape index (κ2) is 8.74. The minimum absolute atomic E-state index is 0.131. The highest BCUT2D eigenvalue weighted by Crippen LogP contribution is 2.38. The van der Waals surface area contributed by atoms with Gasteiger partial charge in [-0.25, -0.2) is 9.97 Å². The van der Waals surface area contributed by atoms with E-state index in [4.69, 9.17) is 10.5 Å². The van der Waals surface area contributed by atoms with Crippen LogP contribution in [0.1, 0.15) is 49.1 Å². The summed E-state index contributed by atoms with van der Waals surface area (Å²) in [7, 11) is 0. The molecule has 3 N–H and O–H groups in total. The molecular formula is C23H28N6O2S. The lowest BCUT2D eigenvalue weighted by Crippen LogP contribution is -2.28. The van der Waals surface area contributed by atoms with Gasteiger partial charge in [-0.3, -0.25) is 4.79 Å². The molecule has 9 heteroatoms. The minimum atomic E-state index is -0.131. The van der Waals surface area contributed by atoms with E-state index < -0.39 is 0 Å². The summed E-state index contributed by atoms with van der Waals surface area (Å²) in [5, 5.41) is 3.34. The number of aromatic nitrogens is 3. The smallest absolute Gasteiger partial charge is 0.223 e. The molecular weight excluding hydrogens is 424 g/mol. The highest BCUT2D eigenvalue weighted by atomic mass is 32.1. The molecule has 1 aliphatic rings. The van der Waals surface area contributed by atoms with Gasteiger partial charge in [-0.2, -0.15) is 4.98 Å². The SMILES string of the molecule is CC(=O)Nc1ncc(-c2cc(C)c3c(c2)CN(c2nc(N)nc(C)c2C(C)C)CCO3)s1. The van der Waals surface area contributed by atoms with E-state index in [1.54, 1.807) is 6.20 Å². The van der Waals surface area contributed by atoms with E-state index in [0.717, 1.165) is 44.4 Å². The van der Waals surface area contributed by atoms with Gasteiger partial charge < -0.3 is 20.7 Å². The molecule has 0 spiro atoms. The Hall–Kier alpha value is -3.20. The fourth-order valence-corrected chi connectivity index (χ4v) is 5.01. The van der Waals surface area contributed by atoms with Gasteiger partial charge in [-0.05, 0) is 43.0 Å². The summed E-state index contributed by atoms with van der Waals surface area (Å²) < 4.78 is 6.15. The van der Waals surface area contributed by atoms with Crippen LogP contribution >= 0.6 is 11.3 Å². The van der Waals surface area contributed by atoms with Gasteiger partial charge in [0.15, 0.2) is 5.13 Å². The largest absolute Gasteiger partial charge is 0.491 e. The molecule has 0 saturated carbocycles. The number of ether oxygens (including phenoxy) is 1. The van der Waals surface area contributed by atoms with Gasteiger partial charge in [0, 0.05) is 36.5 Å². The average molecular weight is 453 g/mol. The van der Waals surface area contributed by atoms with Crippen molar-refractivity contribution in [3.63, 3.8) is 0 Å². The number of hydrogen-bond acceptors (Lipinski definition) is 8. The summed E-state index contributed by atoms with van der Waals surface area (Å²) >= 11 is 1.45. The molecule has 1 aliphatic heterocycles. The van der Waals surface area contributed by atoms with Gasteiger partial charge >= 0.3 is 0 Å².